The highest BCUT2D eigenvalue weighted by molar-refractivity contribution is 7.20. The van der Waals surface area contributed by atoms with E-state index in [9.17, 15) is 19.2 Å². The number of hydrogen-bond acceptors (Lipinski definition) is 7. The zero-order valence-electron chi connectivity index (χ0n) is 21.6. The lowest BCUT2D eigenvalue weighted by atomic mass is 10.0. The minimum absolute atomic E-state index is 0.212. The quantitative estimate of drug-likeness (QED) is 0.380. The number of rotatable bonds is 5. The van der Waals surface area contributed by atoms with E-state index in [1.54, 1.807) is 46.0 Å². The largest absolute Gasteiger partial charge is 0.479 e. The average Bonchev–Trinajstić information content (AvgIpc) is 3.25. The van der Waals surface area contributed by atoms with Gasteiger partial charge in [-0.25, -0.2) is 4.98 Å². The standard InChI is InChI=1S/C28H26N4O5S/c1-14-8-6-7-9-19(14)30-25(34)24-15(2)22-26(38-24)29-13-32(28(22)36)16(3)23(33)18-10-11-21-20(12-18)31(5)27(35)17(4)37-21/h6-13,16-17H,1-5H3,(H,30,34). The summed E-state index contributed by atoms with van der Waals surface area (Å²) in [7, 11) is 1.63. The van der Waals surface area contributed by atoms with E-state index in [4.69, 9.17) is 4.74 Å². The van der Waals surface area contributed by atoms with Crippen molar-refractivity contribution < 1.29 is 19.1 Å². The molecule has 2 unspecified atom stereocenters. The van der Waals surface area contributed by atoms with Crippen molar-refractivity contribution in [3.8, 4) is 5.75 Å². The van der Waals surface area contributed by atoms with Crippen LogP contribution in [0.25, 0.3) is 10.2 Å². The number of para-hydroxylation sites is 1. The number of thiophene rings is 1. The number of ketones is 1. The molecule has 0 fully saturated rings. The molecule has 1 aliphatic heterocycles. The maximum atomic E-state index is 13.5. The highest BCUT2D eigenvalue weighted by Gasteiger charge is 2.30. The van der Waals surface area contributed by atoms with Gasteiger partial charge in [0.25, 0.3) is 17.4 Å². The molecular weight excluding hydrogens is 504 g/mol. The molecule has 0 aliphatic carbocycles. The van der Waals surface area contributed by atoms with Gasteiger partial charge >= 0.3 is 0 Å². The lowest BCUT2D eigenvalue weighted by Crippen LogP contribution is -2.42. The number of carbonyl (C=O) groups excluding carboxylic acids is 3. The number of nitrogens with zero attached hydrogens (tertiary/aromatic N) is 3. The number of amides is 2. The molecule has 0 bridgehead atoms. The molecule has 2 aromatic carbocycles. The zero-order chi connectivity index (χ0) is 27.3. The van der Waals surface area contributed by atoms with E-state index in [-0.39, 0.29) is 17.6 Å². The van der Waals surface area contributed by atoms with Crippen LogP contribution in [0.5, 0.6) is 5.75 Å². The van der Waals surface area contributed by atoms with Gasteiger partial charge in [0, 0.05) is 18.3 Å². The van der Waals surface area contributed by atoms with E-state index in [0.29, 0.717) is 43.3 Å². The molecule has 2 atom stereocenters. The van der Waals surface area contributed by atoms with Crippen molar-refractivity contribution in [1.82, 2.24) is 9.55 Å². The molecule has 3 heterocycles. The highest BCUT2D eigenvalue weighted by Crippen LogP contribution is 2.35. The number of benzene rings is 2. The Balaban J connectivity index is 1.47. The molecule has 0 spiro atoms. The fourth-order valence-electron chi connectivity index (χ4n) is 4.55. The van der Waals surface area contributed by atoms with E-state index in [0.717, 1.165) is 16.9 Å². The van der Waals surface area contributed by atoms with Crippen LogP contribution in [0.1, 0.15) is 51.0 Å². The van der Waals surface area contributed by atoms with Gasteiger partial charge in [0.15, 0.2) is 11.9 Å². The lowest BCUT2D eigenvalue weighted by molar-refractivity contribution is -0.125. The molecule has 9 nitrogen and oxygen atoms in total. The Morgan fingerprint density at radius 2 is 1.87 bits per heavy atom. The Kier molecular flexibility index (Phi) is 6.36. The first-order chi connectivity index (χ1) is 18.1. The Morgan fingerprint density at radius 3 is 2.61 bits per heavy atom. The van der Waals surface area contributed by atoms with Gasteiger partial charge in [-0.1, -0.05) is 18.2 Å². The number of Topliss-reactive ketones (excluding diaryl/α,β-unsaturated/α-hetero) is 1. The molecule has 2 aromatic heterocycles. The zero-order valence-corrected chi connectivity index (χ0v) is 22.4. The minimum atomic E-state index is -0.870. The Labute approximate surface area is 222 Å². The number of likely N-dealkylation sites (N-methyl/N-ethyl adjacent to an activating group) is 1. The van der Waals surface area contributed by atoms with Crippen molar-refractivity contribution in [1.29, 1.82) is 0 Å². The van der Waals surface area contributed by atoms with Crippen molar-refractivity contribution in [2.45, 2.75) is 39.8 Å². The van der Waals surface area contributed by atoms with Crippen LogP contribution in [0.15, 0.2) is 53.6 Å². The molecule has 194 valence electrons. The summed E-state index contributed by atoms with van der Waals surface area (Å²) in [6, 6.07) is 11.4. The Bertz CT molecular complexity index is 1690. The van der Waals surface area contributed by atoms with E-state index in [1.165, 1.54) is 15.8 Å². The summed E-state index contributed by atoms with van der Waals surface area (Å²) in [6.45, 7) is 6.90. The lowest BCUT2D eigenvalue weighted by Gasteiger charge is -2.30. The van der Waals surface area contributed by atoms with E-state index in [1.807, 2.05) is 31.2 Å². The fraction of sp³-hybridized carbons (Fsp3) is 0.250. The average molecular weight is 531 g/mol. The van der Waals surface area contributed by atoms with Gasteiger partial charge < -0.3 is 15.0 Å². The minimum Gasteiger partial charge on any atom is -0.479 e. The number of ether oxygens (including phenoxy) is 1. The summed E-state index contributed by atoms with van der Waals surface area (Å²) in [5.74, 6) is -0.342. The van der Waals surface area contributed by atoms with Gasteiger partial charge in [0.2, 0.25) is 0 Å². The summed E-state index contributed by atoms with van der Waals surface area (Å²) >= 11 is 1.14. The fourth-order valence-corrected chi connectivity index (χ4v) is 5.59. The SMILES string of the molecule is Cc1ccccc1NC(=O)c1sc2ncn(C(C)C(=O)c3ccc4c(c3)N(C)C(=O)C(C)O4)c(=O)c2c1C. The molecule has 2 amide bonds. The summed E-state index contributed by atoms with van der Waals surface area (Å²) in [5, 5.41) is 3.21. The van der Waals surface area contributed by atoms with Crippen LogP contribution in [0, 0.1) is 13.8 Å². The topological polar surface area (TPSA) is 111 Å². The normalized spacial score (nSPS) is 15.7. The predicted molar refractivity (Wildman–Crippen MR) is 147 cm³/mol. The number of nitrogens with one attached hydrogen (secondary N) is 1. The highest BCUT2D eigenvalue weighted by atomic mass is 32.1. The Morgan fingerprint density at radius 1 is 1.13 bits per heavy atom. The number of fused-ring (bicyclic) bond motifs is 2. The van der Waals surface area contributed by atoms with Crippen LogP contribution < -0.4 is 20.5 Å². The third-order valence-corrected chi connectivity index (χ3v) is 8.06. The van der Waals surface area contributed by atoms with Crippen LogP contribution in [-0.2, 0) is 4.79 Å². The second-order valence-corrected chi connectivity index (χ2v) is 10.3. The van der Waals surface area contributed by atoms with Gasteiger partial charge in [-0.2, -0.15) is 0 Å². The van der Waals surface area contributed by atoms with Crippen LogP contribution in [-0.4, -0.2) is 40.3 Å². The maximum Gasteiger partial charge on any atom is 0.267 e. The Hall–Kier alpha value is -4.31. The first-order valence-corrected chi connectivity index (χ1v) is 12.9. The van der Waals surface area contributed by atoms with Crippen LogP contribution in [0.4, 0.5) is 11.4 Å². The molecule has 1 aliphatic rings. The second-order valence-electron chi connectivity index (χ2n) is 9.34. The first kappa shape index (κ1) is 25.3. The number of hydrogen-bond donors (Lipinski definition) is 1. The van der Waals surface area contributed by atoms with Gasteiger partial charge in [-0.15, -0.1) is 11.3 Å². The number of aromatic nitrogens is 2. The van der Waals surface area contributed by atoms with Gasteiger partial charge in [-0.3, -0.25) is 23.7 Å². The van der Waals surface area contributed by atoms with Crippen LogP contribution in [0.3, 0.4) is 0 Å². The van der Waals surface area contributed by atoms with E-state index >= 15 is 0 Å². The van der Waals surface area contributed by atoms with Crippen molar-refractivity contribution in [3.05, 3.63) is 80.7 Å². The molecule has 4 aromatic rings. The summed E-state index contributed by atoms with van der Waals surface area (Å²) in [5.41, 5.74) is 2.55. The summed E-state index contributed by atoms with van der Waals surface area (Å²) in [6.07, 6.45) is 0.729. The molecule has 0 radical (unpaired) electrons. The van der Waals surface area contributed by atoms with Crippen molar-refractivity contribution in [3.63, 3.8) is 0 Å². The van der Waals surface area contributed by atoms with Crippen LogP contribution in [0.2, 0.25) is 0 Å². The van der Waals surface area contributed by atoms with E-state index in [2.05, 4.69) is 10.3 Å². The van der Waals surface area contributed by atoms with Crippen LogP contribution >= 0.6 is 11.3 Å². The molecular formula is C28H26N4O5S. The van der Waals surface area contributed by atoms with Crippen molar-refractivity contribution >= 4 is 50.5 Å². The third kappa shape index (κ3) is 4.16. The monoisotopic (exact) mass is 530 g/mol. The third-order valence-electron chi connectivity index (χ3n) is 6.86. The molecule has 0 saturated heterocycles. The number of anilines is 2. The van der Waals surface area contributed by atoms with Crippen molar-refractivity contribution in [2.75, 3.05) is 17.3 Å². The summed E-state index contributed by atoms with van der Waals surface area (Å²) < 4.78 is 6.92. The maximum absolute atomic E-state index is 13.5. The summed E-state index contributed by atoms with van der Waals surface area (Å²) in [4.78, 5) is 59.0. The smallest absolute Gasteiger partial charge is 0.267 e. The number of carbonyl (C=O) groups is 3. The molecule has 1 N–H and O–H groups in total. The van der Waals surface area contributed by atoms with E-state index < -0.39 is 17.7 Å². The second kappa shape index (κ2) is 9.53. The molecule has 5 rings (SSSR count). The molecule has 0 saturated carbocycles. The first-order valence-electron chi connectivity index (χ1n) is 12.1. The van der Waals surface area contributed by atoms with Gasteiger partial charge in [0.1, 0.15) is 10.6 Å². The molecule has 10 heteroatoms. The van der Waals surface area contributed by atoms with Gasteiger partial charge in [-0.05, 0) is 63.1 Å². The van der Waals surface area contributed by atoms with Crippen molar-refractivity contribution in [2.24, 2.45) is 0 Å². The predicted octanol–water partition coefficient (Wildman–Crippen LogP) is 4.51. The van der Waals surface area contributed by atoms with Gasteiger partial charge in [0.05, 0.1) is 28.3 Å². The number of aryl methyl sites for hydroxylation is 2. The molecule has 38 heavy (non-hydrogen) atoms.